The van der Waals surface area contributed by atoms with Crippen molar-refractivity contribution in [2.75, 3.05) is 6.61 Å². The summed E-state index contributed by atoms with van der Waals surface area (Å²) in [6, 6.07) is 0.492. The lowest BCUT2D eigenvalue weighted by molar-refractivity contribution is 0.191. The van der Waals surface area contributed by atoms with Crippen molar-refractivity contribution in [3.63, 3.8) is 0 Å². The molecule has 3 heteroatoms. The summed E-state index contributed by atoms with van der Waals surface area (Å²) in [6.07, 6.45) is 8.45. The molecule has 14 heavy (non-hydrogen) atoms. The second-order valence-corrected chi connectivity index (χ2v) is 4.24. The van der Waals surface area contributed by atoms with Crippen LogP contribution in [0.1, 0.15) is 19.8 Å². The Labute approximate surface area is 90.0 Å². The Bertz CT molecular complexity index is 262. The second kappa shape index (κ2) is 4.37. The molecule has 2 nitrogen and oxygen atoms in total. The van der Waals surface area contributed by atoms with Gasteiger partial charge in [-0.1, -0.05) is 12.2 Å². The van der Waals surface area contributed by atoms with E-state index in [1.807, 2.05) is 13.0 Å². The zero-order valence-corrected chi connectivity index (χ0v) is 9.13. The highest BCUT2D eigenvalue weighted by Crippen LogP contribution is 2.29. The van der Waals surface area contributed by atoms with Crippen LogP contribution in [0.15, 0.2) is 24.0 Å². The number of hydrogen-bond donors (Lipinski definition) is 1. The van der Waals surface area contributed by atoms with Crippen LogP contribution in [-0.4, -0.2) is 18.1 Å². The lowest BCUT2D eigenvalue weighted by atomic mass is 9.86. The lowest BCUT2D eigenvalue weighted by Crippen LogP contribution is -2.43. The molecule has 0 aromatic carbocycles. The Morgan fingerprint density at radius 2 is 2.43 bits per heavy atom. The number of hydrogen-bond acceptors (Lipinski definition) is 2. The van der Waals surface area contributed by atoms with Gasteiger partial charge in [0, 0.05) is 12.5 Å². The third-order valence-corrected chi connectivity index (χ3v) is 3.05. The first-order valence-electron chi connectivity index (χ1n) is 5.20. The molecule has 2 aliphatic rings. The van der Waals surface area contributed by atoms with Gasteiger partial charge in [0.1, 0.15) is 5.50 Å². The van der Waals surface area contributed by atoms with Gasteiger partial charge < -0.3 is 4.74 Å². The van der Waals surface area contributed by atoms with Crippen LogP contribution in [0.5, 0.6) is 0 Å². The molecular formula is C11H16ClNO. The first-order chi connectivity index (χ1) is 6.79. The number of fused-ring (bicyclic) bond motifs is 1. The molecule has 0 saturated carbocycles. The third kappa shape index (κ3) is 2.12. The number of allylic oxidation sites excluding steroid dienone is 1. The van der Waals surface area contributed by atoms with Crippen LogP contribution in [0, 0.1) is 5.92 Å². The van der Waals surface area contributed by atoms with Crippen molar-refractivity contribution in [1.29, 1.82) is 0 Å². The summed E-state index contributed by atoms with van der Waals surface area (Å²) < 4.78 is 5.53. The molecule has 0 aromatic rings. The number of alkyl halides is 1. The van der Waals surface area contributed by atoms with Gasteiger partial charge in [-0.15, -0.1) is 11.6 Å². The van der Waals surface area contributed by atoms with Gasteiger partial charge in [-0.3, -0.25) is 5.32 Å². The van der Waals surface area contributed by atoms with Crippen LogP contribution in [0.4, 0.5) is 0 Å². The van der Waals surface area contributed by atoms with Crippen molar-refractivity contribution in [3.05, 3.63) is 24.0 Å². The summed E-state index contributed by atoms with van der Waals surface area (Å²) in [5.41, 5.74) is -0.00158. The van der Waals surface area contributed by atoms with Crippen LogP contribution in [-0.2, 0) is 4.74 Å². The summed E-state index contributed by atoms with van der Waals surface area (Å²) in [4.78, 5) is 0. The topological polar surface area (TPSA) is 21.3 Å². The van der Waals surface area contributed by atoms with E-state index >= 15 is 0 Å². The maximum absolute atomic E-state index is 5.98. The predicted octanol–water partition coefficient (Wildman–Crippen LogP) is 2.41. The normalized spacial score (nSPS) is 36.1. The molecule has 1 N–H and O–H groups in total. The quantitative estimate of drug-likeness (QED) is 0.432. The minimum atomic E-state index is -0.00158. The number of ether oxygens (including phenoxy) is 1. The molecule has 0 spiro atoms. The van der Waals surface area contributed by atoms with Crippen molar-refractivity contribution >= 4 is 11.6 Å². The third-order valence-electron chi connectivity index (χ3n) is 2.78. The highest BCUT2D eigenvalue weighted by molar-refractivity contribution is 6.21. The molecule has 1 aliphatic carbocycles. The van der Waals surface area contributed by atoms with E-state index < -0.39 is 0 Å². The van der Waals surface area contributed by atoms with Crippen LogP contribution >= 0.6 is 11.6 Å². The number of rotatable bonds is 2. The first-order valence-corrected chi connectivity index (χ1v) is 5.63. The zero-order chi connectivity index (χ0) is 9.97. The van der Waals surface area contributed by atoms with E-state index in [0.29, 0.717) is 12.0 Å². The molecule has 0 saturated heterocycles. The van der Waals surface area contributed by atoms with Crippen molar-refractivity contribution in [1.82, 2.24) is 5.32 Å². The molecule has 1 aliphatic heterocycles. The van der Waals surface area contributed by atoms with E-state index in [0.717, 1.165) is 25.2 Å². The molecule has 78 valence electrons. The van der Waals surface area contributed by atoms with E-state index in [9.17, 15) is 0 Å². The predicted molar refractivity (Wildman–Crippen MR) is 58.1 cm³/mol. The Kier molecular flexibility index (Phi) is 3.14. The van der Waals surface area contributed by atoms with E-state index in [4.69, 9.17) is 16.3 Å². The minimum absolute atomic E-state index is 0.00158. The van der Waals surface area contributed by atoms with Gasteiger partial charge in [-0.2, -0.15) is 0 Å². The summed E-state index contributed by atoms with van der Waals surface area (Å²) in [6.45, 7) is 2.79. The monoisotopic (exact) mass is 213 g/mol. The van der Waals surface area contributed by atoms with E-state index in [2.05, 4.69) is 17.5 Å². The van der Waals surface area contributed by atoms with Crippen LogP contribution in [0.2, 0.25) is 0 Å². The fourth-order valence-corrected chi connectivity index (χ4v) is 2.33. The number of nitrogens with one attached hydrogen (secondary N) is 1. The molecular weight excluding hydrogens is 198 g/mol. The fraction of sp³-hybridized carbons (Fsp3) is 0.636. The smallest absolute Gasteiger partial charge is 0.101 e. The van der Waals surface area contributed by atoms with E-state index in [1.165, 1.54) is 0 Å². The average Bonchev–Trinajstić information content (AvgIpc) is 2.19. The highest BCUT2D eigenvalue weighted by atomic mass is 35.5. The Balaban J connectivity index is 2.01. The SMILES string of the molecule is CCOC1=CCC2NC(Cl)C=C[C@@H]2C1. The Morgan fingerprint density at radius 3 is 3.21 bits per heavy atom. The maximum Gasteiger partial charge on any atom is 0.101 e. The Morgan fingerprint density at radius 1 is 1.57 bits per heavy atom. The minimum Gasteiger partial charge on any atom is -0.499 e. The van der Waals surface area contributed by atoms with Crippen molar-refractivity contribution in [3.8, 4) is 0 Å². The van der Waals surface area contributed by atoms with E-state index in [1.54, 1.807) is 0 Å². The fourth-order valence-electron chi connectivity index (χ4n) is 2.09. The first kappa shape index (κ1) is 10.1. The summed E-state index contributed by atoms with van der Waals surface area (Å²) in [7, 11) is 0. The standard InChI is InChI=1S/C11H16ClNO/c1-2-14-9-4-5-10-8(7-9)3-6-11(12)13-10/h3-4,6,8,10-11,13H,2,5,7H2,1H3/t8-,10?,11?/m1/s1. The zero-order valence-electron chi connectivity index (χ0n) is 8.37. The molecule has 0 aromatic heterocycles. The molecule has 0 fully saturated rings. The van der Waals surface area contributed by atoms with Crippen molar-refractivity contribution < 1.29 is 4.74 Å². The lowest BCUT2D eigenvalue weighted by Gasteiger charge is -2.34. The van der Waals surface area contributed by atoms with Gasteiger partial charge >= 0.3 is 0 Å². The van der Waals surface area contributed by atoms with Crippen molar-refractivity contribution in [2.24, 2.45) is 5.92 Å². The maximum atomic E-state index is 5.98. The van der Waals surface area contributed by atoms with Gasteiger partial charge in [0.25, 0.3) is 0 Å². The van der Waals surface area contributed by atoms with Gasteiger partial charge in [0.05, 0.1) is 12.4 Å². The average molecular weight is 214 g/mol. The summed E-state index contributed by atoms with van der Waals surface area (Å²) in [5, 5.41) is 3.36. The van der Waals surface area contributed by atoms with Gasteiger partial charge in [0.2, 0.25) is 0 Å². The van der Waals surface area contributed by atoms with Crippen LogP contribution < -0.4 is 5.32 Å². The van der Waals surface area contributed by atoms with E-state index in [-0.39, 0.29) is 5.50 Å². The molecule has 1 heterocycles. The summed E-state index contributed by atoms with van der Waals surface area (Å²) >= 11 is 5.98. The van der Waals surface area contributed by atoms with Crippen LogP contribution in [0.25, 0.3) is 0 Å². The largest absolute Gasteiger partial charge is 0.499 e. The van der Waals surface area contributed by atoms with Gasteiger partial charge in [-0.25, -0.2) is 0 Å². The molecule has 0 radical (unpaired) electrons. The highest BCUT2D eigenvalue weighted by Gasteiger charge is 2.28. The molecule has 2 rings (SSSR count). The molecule has 0 bridgehead atoms. The van der Waals surface area contributed by atoms with Gasteiger partial charge in [0.15, 0.2) is 0 Å². The number of halogens is 1. The molecule has 2 unspecified atom stereocenters. The second-order valence-electron chi connectivity index (χ2n) is 3.77. The summed E-state index contributed by atoms with van der Waals surface area (Å²) in [5.74, 6) is 1.68. The van der Waals surface area contributed by atoms with Gasteiger partial charge in [-0.05, 0) is 25.3 Å². The van der Waals surface area contributed by atoms with Crippen LogP contribution in [0.3, 0.4) is 0 Å². The van der Waals surface area contributed by atoms with Crippen molar-refractivity contribution in [2.45, 2.75) is 31.3 Å². The Hall–Kier alpha value is -0.470. The molecule has 3 atom stereocenters. The molecule has 0 amide bonds.